The van der Waals surface area contributed by atoms with E-state index in [0.29, 0.717) is 19.1 Å². The van der Waals surface area contributed by atoms with Crippen LogP contribution < -0.4 is 5.48 Å². The van der Waals surface area contributed by atoms with Crippen molar-refractivity contribution in [2.24, 2.45) is 0 Å². The van der Waals surface area contributed by atoms with Gasteiger partial charge in [-0.3, -0.25) is 4.79 Å². The van der Waals surface area contributed by atoms with E-state index in [1.54, 1.807) is 0 Å². The molecule has 0 aromatic heterocycles. The van der Waals surface area contributed by atoms with Gasteiger partial charge in [0.1, 0.15) is 11.6 Å². The van der Waals surface area contributed by atoms with Crippen molar-refractivity contribution in [2.45, 2.75) is 25.6 Å². The fourth-order valence-corrected chi connectivity index (χ4v) is 1.65. The van der Waals surface area contributed by atoms with Crippen LogP contribution in [0.1, 0.15) is 29.6 Å². The molecule has 1 saturated heterocycles. The fourth-order valence-electron chi connectivity index (χ4n) is 1.65. The van der Waals surface area contributed by atoms with E-state index in [1.807, 2.05) is 0 Å². The van der Waals surface area contributed by atoms with Crippen LogP contribution in [0.5, 0.6) is 0 Å². The largest absolute Gasteiger partial charge is 0.350 e. The van der Waals surface area contributed by atoms with Gasteiger partial charge in [0.25, 0.3) is 5.91 Å². The molecule has 1 aliphatic rings. The molecule has 6 heteroatoms. The molecule has 1 aromatic carbocycles. The summed E-state index contributed by atoms with van der Waals surface area (Å²) in [6.07, 6.45) is 2.07. The Morgan fingerprint density at radius 1 is 1.39 bits per heavy atom. The number of ether oxygens (including phenoxy) is 1. The van der Waals surface area contributed by atoms with Gasteiger partial charge in [-0.1, -0.05) is 0 Å². The van der Waals surface area contributed by atoms with Gasteiger partial charge in [-0.2, -0.15) is 0 Å². The lowest BCUT2D eigenvalue weighted by Crippen LogP contribution is -2.33. The Morgan fingerprint density at radius 2 is 2.22 bits per heavy atom. The van der Waals surface area contributed by atoms with Crippen molar-refractivity contribution in [3.8, 4) is 0 Å². The second kappa shape index (κ2) is 5.88. The van der Waals surface area contributed by atoms with Crippen LogP contribution in [0.4, 0.5) is 8.78 Å². The van der Waals surface area contributed by atoms with Crippen LogP contribution >= 0.6 is 0 Å². The van der Waals surface area contributed by atoms with Gasteiger partial charge in [-0.05, 0) is 25.0 Å². The highest BCUT2D eigenvalue weighted by Gasteiger charge is 2.18. The second-order valence-corrected chi connectivity index (χ2v) is 3.97. The van der Waals surface area contributed by atoms with Gasteiger partial charge in [-0.15, -0.1) is 0 Å². The normalized spacial score (nSPS) is 19.6. The topological polar surface area (TPSA) is 47.6 Å². The lowest BCUT2D eigenvalue weighted by atomic mass is 10.2. The van der Waals surface area contributed by atoms with Crippen molar-refractivity contribution in [1.29, 1.82) is 0 Å². The standard InChI is InChI=1S/C12H13F2NO3/c13-8-4-5-9(10(14)7-8)12(16)15-18-11-3-1-2-6-17-11/h4-5,7,11H,1-3,6H2,(H,15,16)/t11-/m1/s1. The molecular weight excluding hydrogens is 244 g/mol. The zero-order valence-corrected chi connectivity index (χ0v) is 9.62. The minimum atomic E-state index is -0.930. The van der Waals surface area contributed by atoms with Gasteiger partial charge in [0.2, 0.25) is 0 Å². The maximum absolute atomic E-state index is 13.3. The van der Waals surface area contributed by atoms with Crippen molar-refractivity contribution in [3.05, 3.63) is 35.4 Å². The van der Waals surface area contributed by atoms with Crippen molar-refractivity contribution in [3.63, 3.8) is 0 Å². The number of carbonyl (C=O) groups excluding carboxylic acids is 1. The Bertz CT molecular complexity index is 433. The predicted molar refractivity (Wildman–Crippen MR) is 58.5 cm³/mol. The van der Waals surface area contributed by atoms with Crippen LogP contribution in [0.15, 0.2) is 18.2 Å². The molecule has 1 fully saturated rings. The number of nitrogens with one attached hydrogen (secondary N) is 1. The number of hydrogen-bond donors (Lipinski definition) is 1. The molecule has 1 aliphatic heterocycles. The van der Waals surface area contributed by atoms with Crippen molar-refractivity contribution < 1.29 is 23.1 Å². The average molecular weight is 257 g/mol. The third-order valence-electron chi connectivity index (χ3n) is 2.60. The zero-order valence-electron chi connectivity index (χ0n) is 9.62. The molecule has 4 nitrogen and oxygen atoms in total. The molecule has 18 heavy (non-hydrogen) atoms. The van der Waals surface area contributed by atoms with Crippen LogP contribution in [-0.4, -0.2) is 18.8 Å². The number of hydroxylamine groups is 1. The van der Waals surface area contributed by atoms with Crippen molar-refractivity contribution in [2.75, 3.05) is 6.61 Å². The first-order chi connectivity index (χ1) is 8.66. The second-order valence-electron chi connectivity index (χ2n) is 3.97. The summed E-state index contributed by atoms with van der Waals surface area (Å²) in [5.41, 5.74) is 1.83. The summed E-state index contributed by atoms with van der Waals surface area (Å²) in [7, 11) is 0. The highest BCUT2D eigenvalue weighted by Crippen LogP contribution is 2.13. The molecule has 1 amide bonds. The van der Waals surface area contributed by atoms with Crippen molar-refractivity contribution >= 4 is 5.91 Å². The van der Waals surface area contributed by atoms with Crippen LogP contribution in [0.2, 0.25) is 0 Å². The number of benzene rings is 1. The summed E-state index contributed by atoms with van der Waals surface area (Å²) >= 11 is 0. The molecule has 2 rings (SSSR count). The first kappa shape index (κ1) is 12.9. The van der Waals surface area contributed by atoms with Gasteiger partial charge >= 0.3 is 0 Å². The number of hydrogen-bond acceptors (Lipinski definition) is 3. The molecule has 0 spiro atoms. The maximum Gasteiger partial charge on any atom is 0.277 e. The van der Waals surface area contributed by atoms with Gasteiger partial charge in [0, 0.05) is 19.1 Å². The summed E-state index contributed by atoms with van der Waals surface area (Å²) in [6.45, 7) is 0.575. The Kier molecular flexibility index (Phi) is 4.22. The Labute approximate surface area is 103 Å². The smallest absolute Gasteiger partial charge is 0.277 e. The van der Waals surface area contributed by atoms with E-state index in [-0.39, 0.29) is 5.56 Å². The van der Waals surface area contributed by atoms with E-state index in [9.17, 15) is 13.6 Å². The monoisotopic (exact) mass is 257 g/mol. The molecule has 1 heterocycles. The number of carbonyl (C=O) groups is 1. The SMILES string of the molecule is O=C(NO[C@@H]1CCCCO1)c1ccc(F)cc1F. The lowest BCUT2D eigenvalue weighted by molar-refractivity contribution is -0.186. The summed E-state index contributed by atoms with van der Waals surface area (Å²) in [5.74, 6) is -2.43. The Hall–Kier alpha value is -1.53. The lowest BCUT2D eigenvalue weighted by Gasteiger charge is -2.22. The minimum absolute atomic E-state index is 0.271. The Morgan fingerprint density at radius 3 is 2.89 bits per heavy atom. The molecule has 0 radical (unpaired) electrons. The quantitative estimate of drug-likeness (QED) is 0.844. The molecule has 0 bridgehead atoms. The van der Waals surface area contributed by atoms with Gasteiger partial charge < -0.3 is 4.74 Å². The third kappa shape index (κ3) is 3.24. The molecule has 1 aromatic rings. The highest BCUT2D eigenvalue weighted by molar-refractivity contribution is 5.93. The minimum Gasteiger partial charge on any atom is -0.350 e. The summed E-state index contributed by atoms with van der Waals surface area (Å²) in [4.78, 5) is 16.6. The van der Waals surface area contributed by atoms with Gasteiger partial charge in [0.15, 0.2) is 6.29 Å². The molecule has 0 saturated carbocycles. The van der Waals surface area contributed by atoms with E-state index in [1.165, 1.54) is 0 Å². The molecule has 1 N–H and O–H groups in total. The van der Waals surface area contributed by atoms with E-state index in [0.717, 1.165) is 25.0 Å². The third-order valence-corrected chi connectivity index (χ3v) is 2.60. The van der Waals surface area contributed by atoms with Crippen LogP contribution in [0.25, 0.3) is 0 Å². The predicted octanol–water partition coefficient (Wildman–Crippen LogP) is 2.15. The molecule has 98 valence electrons. The van der Waals surface area contributed by atoms with Gasteiger partial charge in [-0.25, -0.2) is 19.1 Å². The molecular formula is C12H13F2NO3. The number of rotatable bonds is 3. The number of halogens is 2. The highest BCUT2D eigenvalue weighted by atomic mass is 19.1. The summed E-state index contributed by atoms with van der Waals surface area (Å²) < 4.78 is 31.2. The number of amides is 1. The first-order valence-electron chi connectivity index (χ1n) is 5.69. The summed E-state index contributed by atoms with van der Waals surface area (Å²) in [6, 6.07) is 2.71. The van der Waals surface area contributed by atoms with E-state index in [2.05, 4.69) is 5.48 Å². The van der Waals surface area contributed by atoms with E-state index >= 15 is 0 Å². The van der Waals surface area contributed by atoms with Crippen molar-refractivity contribution in [1.82, 2.24) is 5.48 Å². The first-order valence-corrected chi connectivity index (χ1v) is 5.69. The van der Waals surface area contributed by atoms with Crippen LogP contribution in [-0.2, 0) is 9.57 Å². The molecule has 0 unspecified atom stereocenters. The fraction of sp³-hybridized carbons (Fsp3) is 0.417. The summed E-state index contributed by atoms with van der Waals surface area (Å²) in [5, 5.41) is 0. The van der Waals surface area contributed by atoms with Crippen LogP contribution in [0.3, 0.4) is 0 Å². The van der Waals surface area contributed by atoms with Crippen LogP contribution in [0, 0.1) is 11.6 Å². The van der Waals surface area contributed by atoms with E-state index in [4.69, 9.17) is 9.57 Å². The Balaban J connectivity index is 1.90. The maximum atomic E-state index is 13.3. The molecule has 1 atom stereocenters. The van der Waals surface area contributed by atoms with E-state index < -0.39 is 23.8 Å². The van der Waals surface area contributed by atoms with Gasteiger partial charge in [0.05, 0.1) is 5.56 Å². The molecule has 0 aliphatic carbocycles. The average Bonchev–Trinajstić information content (AvgIpc) is 2.37. The zero-order chi connectivity index (χ0) is 13.0.